The first-order valence-corrected chi connectivity index (χ1v) is 16.2. The van der Waals surface area contributed by atoms with Crippen LogP contribution in [-0.2, 0) is 31.6 Å². The van der Waals surface area contributed by atoms with E-state index in [0.29, 0.717) is 15.7 Å². The van der Waals surface area contributed by atoms with Crippen LogP contribution in [0.3, 0.4) is 0 Å². The van der Waals surface area contributed by atoms with Crippen LogP contribution >= 0.6 is 23.2 Å². The van der Waals surface area contributed by atoms with E-state index in [-0.39, 0.29) is 61.8 Å². The number of piperazine rings is 1. The molecule has 6 rings (SSSR count). The van der Waals surface area contributed by atoms with Crippen molar-refractivity contribution in [2.45, 2.75) is 37.3 Å². The molecule has 0 saturated carbocycles. The molecular weight excluding hydrogens is 625 g/mol. The lowest BCUT2D eigenvalue weighted by molar-refractivity contribution is -0.130. The van der Waals surface area contributed by atoms with Crippen molar-refractivity contribution in [3.05, 3.63) is 83.0 Å². The summed E-state index contributed by atoms with van der Waals surface area (Å²) in [6, 6.07) is 12.4. The second-order valence-electron chi connectivity index (χ2n) is 10.8. The van der Waals surface area contributed by atoms with E-state index in [0.717, 1.165) is 16.7 Å². The van der Waals surface area contributed by atoms with Gasteiger partial charge in [-0.3, -0.25) is 14.2 Å². The van der Waals surface area contributed by atoms with E-state index in [4.69, 9.17) is 23.2 Å². The molecule has 2 aromatic heterocycles. The Labute approximate surface area is 265 Å². The molecule has 1 atom stereocenters. The molecule has 14 heteroatoms. The fraction of sp³-hybridized carbons (Fsp3) is 0.300. The Morgan fingerprint density at radius 2 is 1.57 bits per heavy atom. The average molecular weight is 655 g/mol. The van der Waals surface area contributed by atoms with Crippen LogP contribution in [0.25, 0.3) is 11.1 Å². The molecule has 1 fully saturated rings. The zero-order valence-corrected chi connectivity index (χ0v) is 26.3. The molecule has 1 saturated heterocycles. The normalized spacial score (nSPS) is 19.0. The van der Waals surface area contributed by atoms with Gasteiger partial charge in [-0.05, 0) is 35.7 Å². The molecule has 44 heavy (non-hydrogen) atoms. The van der Waals surface area contributed by atoms with Crippen LogP contribution in [0, 0.1) is 0 Å². The van der Waals surface area contributed by atoms with Crippen molar-refractivity contribution in [3.8, 4) is 11.1 Å². The number of hydrogen-bond acceptors (Lipinski definition) is 7. The highest BCUT2D eigenvalue weighted by atomic mass is 35.5. The molecule has 0 bridgehead atoms. The summed E-state index contributed by atoms with van der Waals surface area (Å²) in [5.41, 5.74) is 1.63. The minimum Gasteiger partial charge on any atom is -0.340 e. The third-order valence-electron chi connectivity index (χ3n) is 8.26. The van der Waals surface area contributed by atoms with Crippen LogP contribution in [0.2, 0.25) is 10.0 Å². The number of rotatable bonds is 7. The van der Waals surface area contributed by atoms with Crippen molar-refractivity contribution in [1.82, 2.24) is 28.7 Å². The van der Waals surface area contributed by atoms with Crippen LogP contribution in [-0.4, -0.2) is 75.1 Å². The number of imidazole rings is 1. The van der Waals surface area contributed by atoms with Gasteiger partial charge in [0.05, 0.1) is 11.9 Å². The van der Waals surface area contributed by atoms with Gasteiger partial charge in [-0.25, -0.2) is 28.3 Å². The SMILES string of the molecule is CCC1(Cc2ccc(-c3cncnc3)cc2)C(=O)N(c2cc(Cl)cc(Cl)c2)c2ncc(S(=O)(=O)N3CCN(C(C)=O)CC3)n21. The first kappa shape index (κ1) is 30.2. The van der Waals surface area contributed by atoms with Gasteiger partial charge in [0, 0.05) is 67.5 Å². The van der Waals surface area contributed by atoms with Crippen molar-refractivity contribution < 1.29 is 18.0 Å². The second-order valence-corrected chi connectivity index (χ2v) is 13.6. The Morgan fingerprint density at radius 1 is 0.932 bits per heavy atom. The number of hydrogen-bond donors (Lipinski definition) is 0. The maximum absolute atomic E-state index is 14.6. The van der Waals surface area contributed by atoms with Crippen molar-refractivity contribution >= 4 is 56.7 Å². The fourth-order valence-corrected chi connectivity index (χ4v) is 8.03. The number of carbonyl (C=O) groups excluding carboxylic acids is 2. The molecule has 2 amide bonds. The number of nitrogens with zero attached hydrogens (tertiary/aromatic N) is 7. The van der Waals surface area contributed by atoms with E-state index in [1.807, 2.05) is 31.2 Å². The average Bonchev–Trinajstić information content (AvgIpc) is 3.55. The summed E-state index contributed by atoms with van der Waals surface area (Å²) in [4.78, 5) is 42.1. The van der Waals surface area contributed by atoms with Gasteiger partial charge in [0.2, 0.25) is 11.9 Å². The van der Waals surface area contributed by atoms with Gasteiger partial charge >= 0.3 is 0 Å². The van der Waals surface area contributed by atoms with E-state index in [2.05, 4.69) is 15.0 Å². The smallest absolute Gasteiger partial charge is 0.260 e. The van der Waals surface area contributed by atoms with E-state index in [1.54, 1.807) is 40.1 Å². The lowest BCUT2D eigenvalue weighted by atomic mass is 9.87. The van der Waals surface area contributed by atoms with E-state index in [9.17, 15) is 18.0 Å². The standard InChI is InChI=1S/C30H29Cl2N7O4S/c1-3-30(15-21-4-6-22(7-5-21)23-16-33-19-34-17-23)28(41)38(26-13-24(31)12-25(32)14-26)29-35-18-27(39(29)30)44(42,43)37-10-8-36(9-11-37)20(2)40/h4-7,12-14,16-19H,3,8-11,15H2,1-2H3. The molecule has 4 heterocycles. The molecular formula is C30H29Cl2N7O4S. The lowest BCUT2D eigenvalue weighted by Crippen LogP contribution is -2.51. The van der Waals surface area contributed by atoms with Gasteiger partial charge in [0.1, 0.15) is 11.9 Å². The number of aromatic nitrogens is 4. The van der Waals surface area contributed by atoms with Crippen molar-refractivity contribution in [1.29, 1.82) is 0 Å². The van der Waals surface area contributed by atoms with E-state index >= 15 is 0 Å². The Bertz CT molecular complexity index is 1820. The predicted octanol–water partition coefficient (Wildman–Crippen LogP) is 4.53. The van der Waals surface area contributed by atoms with Gasteiger partial charge < -0.3 is 4.90 Å². The summed E-state index contributed by atoms with van der Waals surface area (Å²) in [6.45, 7) is 4.14. The van der Waals surface area contributed by atoms with Crippen LogP contribution < -0.4 is 4.90 Å². The summed E-state index contributed by atoms with van der Waals surface area (Å²) in [6.07, 6.45) is 6.67. The monoisotopic (exact) mass is 653 g/mol. The molecule has 11 nitrogen and oxygen atoms in total. The first-order valence-electron chi connectivity index (χ1n) is 14.0. The minimum absolute atomic E-state index is 0.0901. The molecule has 0 aliphatic carbocycles. The first-order chi connectivity index (χ1) is 21.0. The highest BCUT2D eigenvalue weighted by Crippen LogP contribution is 2.46. The summed E-state index contributed by atoms with van der Waals surface area (Å²) in [5.74, 6) is -0.293. The number of fused-ring (bicyclic) bond motifs is 1. The molecule has 0 radical (unpaired) electrons. The summed E-state index contributed by atoms with van der Waals surface area (Å²) in [5, 5.41) is 0.556. The van der Waals surface area contributed by atoms with Crippen molar-refractivity contribution in [2.24, 2.45) is 0 Å². The zero-order chi connectivity index (χ0) is 31.2. The number of anilines is 2. The summed E-state index contributed by atoms with van der Waals surface area (Å²) < 4.78 is 31.3. The molecule has 0 N–H and O–H groups in total. The summed E-state index contributed by atoms with van der Waals surface area (Å²) in [7, 11) is -4.10. The number of benzene rings is 2. The zero-order valence-electron chi connectivity index (χ0n) is 24.0. The quantitative estimate of drug-likeness (QED) is 0.287. The minimum atomic E-state index is -4.10. The van der Waals surface area contributed by atoms with E-state index < -0.39 is 15.6 Å². The van der Waals surface area contributed by atoms with Gasteiger partial charge in [0.25, 0.3) is 15.9 Å². The molecule has 0 spiro atoms. The van der Waals surface area contributed by atoms with Gasteiger partial charge in [-0.1, -0.05) is 54.4 Å². The van der Waals surface area contributed by atoms with E-state index in [1.165, 1.54) is 28.7 Å². The van der Waals surface area contributed by atoms with Crippen LogP contribution in [0.5, 0.6) is 0 Å². The van der Waals surface area contributed by atoms with Crippen LogP contribution in [0.1, 0.15) is 25.8 Å². The molecule has 2 aliphatic rings. The molecule has 2 aliphatic heterocycles. The molecule has 2 aromatic carbocycles. The molecule has 1 unspecified atom stereocenters. The number of carbonyl (C=O) groups is 2. The van der Waals surface area contributed by atoms with Gasteiger partial charge in [-0.2, -0.15) is 4.31 Å². The van der Waals surface area contributed by atoms with Crippen molar-refractivity contribution in [3.63, 3.8) is 0 Å². The Morgan fingerprint density at radius 3 is 2.16 bits per heavy atom. The Hall–Kier alpha value is -3.84. The largest absolute Gasteiger partial charge is 0.340 e. The Kier molecular flexibility index (Phi) is 7.95. The Balaban J connectivity index is 1.45. The third-order valence-corrected chi connectivity index (χ3v) is 10.6. The topological polar surface area (TPSA) is 122 Å². The molecule has 4 aromatic rings. The third kappa shape index (κ3) is 5.15. The van der Waals surface area contributed by atoms with Gasteiger partial charge in [-0.15, -0.1) is 0 Å². The predicted molar refractivity (Wildman–Crippen MR) is 166 cm³/mol. The number of amides is 2. The van der Waals surface area contributed by atoms with Crippen LogP contribution in [0.15, 0.2) is 72.4 Å². The fourth-order valence-electron chi connectivity index (χ4n) is 5.93. The van der Waals surface area contributed by atoms with Crippen LogP contribution in [0.4, 0.5) is 11.6 Å². The number of sulfonamides is 1. The highest BCUT2D eigenvalue weighted by molar-refractivity contribution is 7.89. The summed E-state index contributed by atoms with van der Waals surface area (Å²) >= 11 is 12.7. The molecule has 228 valence electrons. The van der Waals surface area contributed by atoms with Crippen molar-refractivity contribution in [2.75, 3.05) is 31.1 Å². The maximum atomic E-state index is 14.6. The maximum Gasteiger partial charge on any atom is 0.260 e. The number of halogens is 2. The highest BCUT2D eigenvalue weighted by Gasteiger charge is 2.54. The second kappa shape index (κ2) is 11.6. The lowest BCUT2D eigenvalue weighted by Gasteiger charge is -2.34. The van der Waals surface area contributed by atoms with Gasteiger partial charge in [0.15, 0.2) is 5.03 Å².